The van der Waals surface area contributed by atoms with Gasteiger partial charge in [-0.1, -0.05) is 66.7 Å². The highest BCUT2D eigenvalue weighted by Gasteiger charge is 2.10. The van der Waals surface area contributed by atoms with Crippen molar-refractivity contribution in [3.05, 3.63) is 114 Å². The first-order valence-corrected chi connectivity index (χ1v) is 10.8. The van der Waals surface area contributed by atoms with Gasteiger partial charge in [0.05, 0.1) is 33.5 Å². The molecule has 0 spiro atoms. The molecule has 0 saturated carbocycles. The fraction of sp³-hybridized carbons (Fsp3) is 0.0345. The van der Waals surface area contributed by atoms with E-state index < -0.39 is 0 Å². The molecule has 152 valence electrons. The molecule has 0 bridgehead atoms. The van der Waals surface area contributed by atoms with E-state index in [2.05, 4.69) is 88.4 Å². The number of nitrogens with zero attached hydrogens (tertiary/aromatic N) is 3. The third-order valence-corrected chi connectivity index (χ3v) is 5.95. The normalized spacial score (nSPS) is 11.8. The summed E-state index contributed by atoms with van der Waals surface area (Å²) in [4.78, 5) is 9.44. The summed E-state index contributed by atoms with van der Waals surface area (Å²) in [6.07, 6.45) is 4.14. The molecular weight excluding hydrogens is 390 g/mol. The Balaban J connectivity index is 1.38. The number of hydrogen-bond acceptors (Lipinski definition) is 2. The summed E-state index contributed by atoms with van der Waals surface area (Å²) < 4.78 is 2.33. The summed E-state index contributed by atoms with van der Waals surface area (Å²) in [6, 6.07) is 33.8. The van der Waals surface area contributed by atoms with Crippen LogP contribution < -0.4 is 0 Å². The Hall–Kier alpha value is -4.24. The van der Waals surface area contributed by atoms with Crippen LogP contribution in [-0.2, 0) is 0 Å². The molecule has 0 aliphatic heterocycles. The summed E-state index contributed by atoms with van der Waals surface area (Å²) in [5.41, 5.74) is 8.40. The van der Waals surface area contributed by atoms with Gasteiger partial charge in [-0.05, 0) is 55.0 Å². The molecule has 0 saturated heterocycles. The van der Waals surface area contributed by atoms with Crippen molar-refractivity contribution in [1.82, 2.24) is 14.5 Å². The minimum Gasteiger partial charge on any atom is -0.309 e. The van der Waals surface area contributed by atoms with Gasteiger partial charge in [0.15, 0.2) is 0 Å². The summed E-state index contributed by atoms with van der Waals surface area (Å²) in [6.45, 7) is 2.00. The van der Waals surface area contributed by atoms with Crippen LogP contribution in [0.5, 0.6) is 0 Å². The van der Waals surface area contributed by atoms with Crippen LogP contribution in [0.3, 0.4) is 0 Å². The van der Waals surface area contributed by atoms with Crippen molar-refractivity contribution in [2.24, 2.45) is 0 Å². The van der Waals surface area contributed by atoms with Gasteiger partial charge in [0.25, 0.3) is 0 Å². The molecule has 4 aromatic carbocycles. The zero-order chi connectivity index (χ0) is 21.5. The zero-order valence-corrected chi connectivity index (χ0v) is 17.7. The number of rotatable bonds is 3. The second-order valence-corrected chi connectivity index (χ2v) is 7.98. The van der Waals surface area contributed by atoms with Crippen LogP contribution in [-0.4, -0.2) is 14.5 Å². The number of aromatic nitrogens is 3. The van der Waals surface area contributed by atoms with Gasteiger partial charge in [0.1, 0.15) is 0 Å². The smallest absolute Gasteiger partial charge is 0.0894 e. The Morgan fingerprint density at radius 2 is 1.16 bits per heavy atom. The molecule has 3 heteroatoms. The summed E-state index contributed by atoms with van der Waals surface area (Å²) in [7, 11) is 0. The van der Waals surface area contributed by atoms with Gasteiger partial charge < -0.3 is 4.57 Å². The van der Waals surface area contributed by atoms with Crippen molar-refractivity contribution in [3.63, 3.8) is 0 Å². The molecule has 0 amide bonds. The van der Waals surface area contributed by atoms with Gasteiger partial charge in [-0.3, -0.25) is 0 Å². The standard InChI is InChI=1S/C29H21N3/c1-20-25(31-27-11-5-4-10-26(27)30-20)19-16-21-14-17-22(18-15-21)32-28-12-6-2-8-23(28)24-9-3-7-13-29(24)32/h2-19H,1H3/b19-16+. The molecule has 0 unspecified atom stereocenters. The predicted octanol–water partition coefficient (Wildman–Crippen LogP) is 7.21. The fourth-order valence-corrected chi connectivity index (χ4v) is 4.37. The molecule has 6 rings (SSSR count). The number of fused-ring (bicyclic) bond motifs is 4. The van der Waals surface area contributed by atoms with E-state index in [9.17, 15) is 0 Å². The number of aryl methyl sites for hydroxylation is 1. The quantitative estimate of drug-likeness (QED) is 0.308. The van der Waals surface area contributed by atoms with Crippen molar-refractivity contribution in [1.29, 1.82) is 0 Å². The topological polar surface area (TPSA) is 30.7 Å². The summed E-state index contributed by atoms with van der Waals surface area (Å²) >= 11 is 0. The molecule has 3 nitrogen and oxygen atoms in total. The van der Waals surface area contributed by atoms with Gasteiger partial charge in [0, 0.05) is 16.5 Å². The molecule has 0 fully saturated rings. The lowest BCUT2D eigenvalue weighted by Gasteiger charge is -2.08. The number of para-hydroxylation sites is 4. The average Bonchev–Trinajstić information content (AvgIpc) is 3.18. The molecule has 0 aliphatic rings. The van der Waals surface area contributed by atoms with Crippen LogP contribution >= 0.6 is 0 Å². The van der Waals surface area contributed by atoms with E-state index in [0.717, 1.165) is 33.7 Å². The lowest BCUT2D eigenvalue weighted by atomic mass is 10.1. The monoisotopic (exact) mass is 411 g/mol. The van der Waals surface area contributed by atoms with E-state index in [1.54, 1.807) is 0 Å². The maximum atomic E-state index is 4.76. The van der Waals surface area contributed by atoms with Crippen molar-refractivity contribution >= 4 is 45.0 Å². The molecule has 2 aromatic heterocycles. The van der Waals surface area contributed by atoms with E-state index in [1.165, 1.54) is 21.8 Å². The van der Waals surface area contributed by atoms with E-state index in [-0.39, 0.29) is 0 Å². The SMILES string of the molecule is Cc1nc2ccccc2nc1/C=C/c1ccc(-n2c3ccccc3c3ccccc32)cc1. The van der Waals surface area contributed by atoms with Crippen LogP contribution in [0.15, 0.2) is 97.1 Å². The van der Waals surface area contributed by atoms with Crippen LogP contribution in [0.25, 0.3) is 50.7 Å². The van der Waals surface area contributed by atoms with Crippen LogP contribution in [0.4, 0.5) is 0 Å². The molecule has 0 radical (unpaired) electrons. The van der Waals surface area contributed by atoms with E-state index >= 15 is 0 Å². The molecule has 0 aliphatic carbocycles. The van der Waals surface area contributed by atoms with Crippen LogP contribution in [0.2, 0.25) is 0 Å². The first-order chi connectivity index (χ1) is 15.8. The average molecular weight is 412 g/mol. The largest absolute Gasteiger partial charge is 0.309 e. The van der Waals surface area contributed by atoms with Crippen LogP contribution in [0, 0.1) is 6.92 Å². The van der Waals surface area contributed by atoms with Crippen LogP contribution in [0.1, 0.15) is 17.0 Å². The Morgan fingerprint density at radius 1 is 0.594 bits per heavy atom. The Morgan fingerprint density at radius 3 is 1.81 bits per heavy atom. The van der Waals surface area contributed by atoms with Gasteiger partial charge in [-0.15, -0.1) is 0 Å². The maximum absolute atomic E-state index is 4.76. The van der Waals surface area contributed by atoms with Crippen molar-refractivity contribution < 1.29 is 0 Å². The van der Waals surface area contributed by atoms with Crippen molar-refractivity contribution in [2.45, 2.75) is 6.92 Å². The number of benzene rings is 4. The second kappa shape index (κ2) is 7.47. The number of hydrogen-bond donors (Lipinski definition) is 0. The van der Waals surface area contributed by atoms with E-state index in [4.69, 9.17) is 4.98 Å². The van der Waals surface area contributed by atoms with E-state index in [1.807, 2.05) is 37.3 Å². The highest BCUT2D eigenvalue weighted by atomic mass is 15.0. The molecule has 6 aromatic rings. The minimum atomic E-state index is 0.898. The van der Waals surface area contributed by atoms with Gasteiger partial charge in [-0.2, -0.15) is 0 Å². The lowest BCUT2D eigenvalue weighted by molar-refractivity contribution is 1.16. The van der Waals surface area contributed by atoms with Crippen molar-refractivity contribution in [2.75, 3.05) is 0 Å². The molecule has 0 N–H and O–H groups in total. The molecular formula is C29H21N3. The predicted molar refractivity (Wildman–Crippen MR) is 134 cm³/mol. The Kier molecular flexibility index (Phi) is 4.32. The minimum absolute atomic E-state index is 0.898. The molecule has 32 heavy (non-hydrogen) atoms. The van der Waals surface area contributed by atoms with Crippen molar-refractivity contribution in [3.8, 4) is 5.69 Å². The third kappa shape index (κ3) is 3.07. The van der Waals surface area contributed by atoms with E-state index in [0.29, 0.717) is 0 Å². The molecule has 0 atom stereocenters. The first-order valence-electron chi connectivity index (χ1n) is 10.8. The highest BCUT2D eigenvalue weighted by molar-refractivity contribution is 6.09. The zero-order valence-electron chi connectivity index (χ0n) is 17.7. The summed E-state index contributed by atoms with van der Waals surface area (Å²) in [5.74, 6) is 0. The van der Waals surface area contributed by atoms with Gasteiger partial charge in [0.2, 0.25) is 0 Å². The van der Waals surface area contributed by atoms with Gasteiger partial charge >= 0.3 is 0 Å². The Labute approximate surface area is 186 Å². The first kappa shape index (κ1) is 18.5. The highest BCUT2D eigenvalue weighted by Crippen LogP contribution is 2.31. The lowest BCUT2D eigenvalue weighted by Crippen LogP contribution is -1.94. The third-order valence-electron chi connectivity index (χ3n) is 5.95. The van der Waals surface area contributed by atoms with Gasteiger partial charge in [-0.25, -0.2) is 9.97 Å². The molecule has 2 heterocycles. The maximum Gasteiger partial charge on any atom is 0.0894 e. The summed E-state index contributed by atoms with van der Waals surface area (Å²) in [5, 5.41) is 2.55. The fourth-order valence-electron chi connectivity index (χ4n) is 4.37. The second-order valence-electron chi connectivity index (χ2n) is 7.98. The Bertz CT molecular complexity index is 1570.